The number of thiophene rings is 1. The smallest absolute Gasteiger partial charge is 0.423 e. The van der Waals surface area contributed by atoms with Gasteiger partial charge in [0.1, 0.15) is 0 Å². The molecule has 0 aliphatic carbocycles. The van der Waals surface area contributed by atoms with Gasteiger partial charge in [0, 0.05) is 0 Å². The predicted molar refractivity (Wildman–Crippen MR) is 70.6 cm³/mol. The van der Waals surface area contributed by atoms with Gasteiger partial charge in [-0.25, -0.2) is 0 Å². The maximum absolute atomic E-state index is 10.5. The number of rotatable bonds is 2. The molecule has 0 fully saturated rings. The minimum absolute atomic E-state index is 0.153. The van der Waals surface area contributed by atoms with Crippen LogP contribution in [0.1, 0.15) is 16.6 Å². The molecule has 0 amide bonds. The van der Waals surface area contributed by atoms with Gasteiger partial charge >= 0.3 is 7.12 Å². The van der Waals surface area contributed by atoms with Crippen LogP contribution >= 0.6 is 11.3 Å². The van der Waals surface area contributed by atoms with Gasteiger partial charge < -0.3 is 10.0 Å². The summed E-state index contributed by atoms with van der Waals surface area (Å²) in [7, 11) is -1.34. The molecule has 17 heavy (non-hydrogen) atoms. The van der Waals surface area contributed by atoms with Crippen LogP contribution in [0.3, 0.4) is 0 Å². The standard InChI is InChI=1S/C6H7BO2.C6H6OS/c8-7(9)6-4-2-1-3-5-6;1-5(7)6-3-2-4-8-6/h1-5,8-9H;2-4H,1H3. The van der Waals surface area contributed by atoms with Crippen molar-refractivity contribution in [2.24, 2.45) is 0 Å². The predicted octanol–water partition coefficient (Wildman–Crippen LogP) is 1.32. The van der Waals surface area contributed by atoms with Gasteiger partial charge in [-0.15, -0.1) is 11.3 Å². The summed E-state index contributed by atoms with van der Waals surface area (Å²) < 4.78 is 0. The molecule has 0 spiro atoms. The SMILES string of the molecule is CC(=O)c1cccs1.OB(O)c1ccccc1. The molecule has 0 unspecified atom stereocenters. The van der Waals surface area contributed by atoms with Crippen LogP contribution in [0.25, 0.3) is 0 Å². The minimum atomic E-state index is -1.34. The highest BCUT2D eigenvalue weighted by molar-refractivity contribution is 7.12. The Bertz CT molecular complexity index is 440. The summed E-state index contributed by atoms with van der Waals surface area (Å²) in [4.78, 5) is 11.4. The lowest BCUT2D eigenvalue weighted by Gasteiger charge is -1.94. The molecule has 0 bridgehead atoms. The second kappa shape index (κ2) is 7.01. The molecule has 5 heteroatoms. The van der Waals surface area contributed by atoms with Gasteiger partial charge in [-0.05, 0) is 23.8 Å². The van der Waals surface area contributed by atoms with Crippen molar-refractivity contribution in [2.75, 3.05) is 0 Å². The zero-order valence-electron chi connectivity index (χ0n) is 9.41. The Hall–Kier alpha value is -1.43. The summed E-state index contributed by atoms with van der Waals surface area (Å²) in [5.74, 6) is 0.153. The van der Waals surface area contributed by atoms with Crippen molar-refractivity contribution in [1.82, 2.24) is 0 Å². The molecule has 0 radical (unpaired) electrons. The maximum atomic E-state index is 10.5. The maximum Gasteiger partial charge on any atom is 0.488 e. The summed E-state index contributed by atoms with van der Waals surface area (Å²) in [5.41, 5.74) is 0.525. The first-order valence-electron chi connectivity index (χ1n) is 5.07. The fraction of sp³-hybridized carbons (Fsp3) is 0.0833. The molecule has 2 aromatic rings. The number of hydrogen-bond acceptors (Lipinski definition) is 4. The minimum Gasteiger partial charge on any atom is -0.423 e. The third-order valence-corrected chi connectivity index (χ3v) is 2.94. The molecule has 1 aromatic heterocycles. The van der Waals surface area contributed by atoms with E-state index >= 15 is 0 Å². The van der Waals surface area contributed by atoms with Crippen LogP contribution in [0.2, 0.25) is 0 Å². The number of carbonyl (C=O) groups excluding carboxylic acids is 1. The highest BCUT2D eigenvalue weighted by Crippen LogP contribution is 2.07. The molecule has 1 heterocycles. The fourth-order valence-corrected chi connectivity index (χ4v) is 1.73. The molecule has 88 valence electrons. The number of Topliss-reactive ketones (excluding diaryl/α,β-unsaturated/α-hetero) is 1. The second-order valence-corrected chi connectivity index (χ2v) is 4.27. The highest BCUT2D eigenvalue weighted by Gasteiger charge is 2.07. The molecule has 2 rings (SSSR count). The summed E-state index contributed by atoms with van der Waals surface area (Å²) in [6.07, 6.45) is 0. The Kier molecular flexibility index (Phi) is 5.62. The number of carbonyl (C=O) groups is 1. The molecule has 0 aliphatic heterocycles. The van der Waals surface area contributed by atoms with Crippen LogP contribution in [0.15, 0.2) is 47.8 Å². The lowest BCUT2D eigenvalue weighted by atomic mass is 9.81. The van der Waals surface area contributed by atoms with Gasteiger partial charge in [-0.3, -0.25) is 4.79 Å². The molecule has 0 aliphatic rings. The molecule has 0 saturated carbocycles. The van der Waals surface area contributed by atoms with Crippen LogP contribution in [-0.2, 0) is 0 Å². The zero-order chi connectivity index (χ0) is 12.7. The van der Waals surface area contributed by atoms with Gasteiger partial charge in [-0.1, -0.05) is 36.4 Å². The number of benzene rings is 1. The van der Waals surface area contributed by atoms with Gasteiger partial charge in [0.05, 0.1) is 4.88 Å². The van der Waals surface area contributed by atoms with Crippen molar-refractivity contribution in [1.29, 1.82) is 0 Å². The topological polar surface area (TPSA) is 57.5 Å². The van der Waals surface area contributed by atoms with E-state index in [-0.39, 0.29) is 5.78 Å². The van der Waals surface area contributed by atoms with E-state index in [2.05, 4.69) is 0 Å². The monoisotopic (exact) mass is 248 g/mol. The van der Waals surface area contributed by atoms with Crippen LogP contribution < -0.4 is 5.46 Å². The first-order valence-corrected chi connectivity index (χ1v) is 5.94. The first-order chi connectivity index (χ1) is 8.11. The summed E-state index contributed by atoms with van der Waals surface area (Å²) in [6, 6.07) is 12.4. The largest absolute Gasteiger partial charge is 0.488 e. The van der Waals surface area contributed by atoms with Gasteiger partial charge in [0.2, 0.25) is 0 Å². The quantitative estimate of drug-likeness (QED) is 0.622. The van der Waals surface area contributed by atoms with E-state index in [9.17, 15) is 4.79 Å². The van der Waals surface area contributed by atoms with E-state index in [0.29, 0.717) is 5.46 Å². The fourth-order valence-electron chi connectivity index (χ4n) is 1.10. The van der Waals surface area contributed by atoms with E-state index in [4.69, 9.17) is 10.0 Å². The van der Waals surface area contributed by atoms with Crippen LogP contribution in [-0.4, -0.2) is 22.9 Å². The average Bonchev–Trinajstić information content (AvgIpc) is 2.84. The van der Waals surface area contributed by atoms with E-state index in [1.54, 1.807) is 31.2 Å². The summed E-state index contributed by atoms with van der Waals surface area (Å²) >= 11 is 1.48. The van der Waals surface area contributed by atoms with Crippen molar-refractivity contribution < 1.29 is 14.8 Å². The average molecular weight is 248 g/mol. The molecule has 3 nitrogen and oxygen atoms in total. The molecular formula is C12H13BO3S. The lowest BCUT2D eigenvalue weighted by Crippen LogP contribution is -2.29. The third-order valence-electron chi connectivity index (χ3n) is 1.97. The molecule has 0 saturated heterocycles. The highest BCUT2D eigenvalue weighted by atomic mass is 32.1. The Morgan fingerprint density at radius 3 is 2.06 bits per heavy atom. The van der Waals surface area contributed by atoms with Gasteiger partial charge in [0.15, 0.2) is 5.78 Å². The van der Waals surface area contributed by atoms with E-state index in [0.717, 1.165) is 4.88 Å². The van der Waals surface area contributed by atoms with E-state index in [1.807, 2.05) is 23.6 Å². The lowest BCUT2D eigenvalue weighted by molar-refractivity contribution is 0.102. The van der Waals surface area contributed by atoms with Crippen molar-refractivity contribution in [3.8, 4) is 0 Å². The van der Waals surface area contributed by atoms with Crippen LogP contribution in [0.5, 0.6) is 0 Å². The van der Waals surface area contributed by atoms with Crippen LogP contribution in [0.4, 0.5) is 0 Å². The molecule has 2 N–H and O–H groups in total. The van der Waals surface area contributed by atoms with Gasteiger partial charge in [-0.2, -0.15) is 0 Å². The van der Waals surface area contributed by atoms with Crippen molar-refractivity contribution >= 4 is 29.7 Å². The molecule has 0 atom stereocenters. The Balaban J connectivity index is 0.000000171. The van der Waals surface area contributed by atoms with Crippen molar-refractivity contribution in [3.63, 3.8) is 0 Å². The van der Waals surface area contributed by atoms with Crippen LogP contribution in [0, 0.1) is 0 Å². The normalized spacial score (nSPS) is 9.12. The zero-order valence-corrected chi connectivity index (χ0v) is 10.2. The Labute approximate surface area is 105 Å². The second-order valence-electron chi connectivity index (χ2n) is 3.32. The van der Waals surface area contributed by atoms with Crippen molar-refractivity contribution in [2.45, 2.75) is 6.92 Å². The molecule has 1 aromatic carbocycles. The molecular weight excluding hydrogens is 235 g/mol. The Morgan fingerprint density at radius 1 is 1.12 bits per heavy atom. The van der Waals surface area contributed by atoms with Gasteiger partial charge in [0.25, 0.3) is 0 Å². The van der Waals surface area contributed by atoms with E-state index in [1.165, 1.54) is 11.3 Å². The summed E-state index contributed by atoms with van der Waals surface area (Å²) in [6.45, 7) is 1.58. The number of ketones is 1. The Morgan fingerprint density at radius 2 is 1.76 bits per heavy atom. The first kappa shape index (κ1) is 13.6. The number of hydrogen-bond donors (Lipinski definition) is 2. The third kappa shape index (κ3) is 4.95. The van der Waals surface area contributed by atoms with Crippen molar-refractivity contribution in [3.05, 3.63) is 52.7 Å². The summed E-state index contributed by atoms with van der Waals surface area (Å²) in [5, 5.41) is 19.1. The van der Waals surface area contributed by atoms with E-state index < -0.39 is 7.12 Å².